The summed E-state index contributed by atoms with van der Waals surface area (Å²) in [5, 5.41) is 0. The van der Waals surface area contributed by atoms with Crippen LogP contribution in [-0.2, 0) is 4.79 Å². The normalized spacial score (nSPS) is 14.4. The fraction of sp³-hybridized carbons (Fsp3) is 0.381. The first-order chi connectivity index (χ1) is 12.5. The van der Waals surface area contributed by atoms with Crippen molar-refractivity contribution < 1.29 is 14.6 Å². The first kappa shape index (κ1) is 18.1. The van der Waals surface area contributed by atoms with E-state index in [2.05, 4.69) is 9.88 Å². The zero-order valence-electron chi connectivity index (χ0n) is 15.5. The molecule has 1 N–H and O–H groups in total. The van der Waals surface area contributed by atoms with E-state index in [1.807, 2.05) is 61.3 Å². The van der Waals surface area contributed by atoms with Gasteiger partial charge in [0.05, 0.1) is 19.3 Å². The van der Waals surface area contributed by atoms with Gasteiger partial charge in [-0.1, -0.05) is 23.8 Å². The van der Waals surface area contributed by atoms with Crippen LogP contribution in [0.25, 0.3) is 0 Å². The smallest absolute Gasteiger partial charge is 0.274 e. The van der Waals surface area contributed by atoms with Crippen LogP contribution in [0.4, 0.5) is 5.82 Å². The zero-order valence-corrected chi connectivity index (χ0v) is 15.5. The van der Waals surface area contributed by atoms with Crippen molar-refractivity contribution in [3.05, 3.63) is 59.3 Å². The Kier molecular flexibility index (Phi) is 5.66. The monoisotopic (exact) mass is 352 g/mol. The highest BCUT2D eigenvalue weighted by molar-refractivity contribution is 5.99. The molecule has 1 fully saturated rings. The number of hydrogen-bond acceptors (Lipinski definition) is 3. The summed E-state index contributed by atoms with van der Waals surface area (Å²) in [6, 6.07) is 11.9. The molecule has 2 heterocycles. The first-order valence-electron chi connectivity index (χ1n) is 9.14. The lowest BCUT2D eigenvalue weighted by Crippen LogP contribution is -2.50. The number of ketones is 1. The van der Waals surface area contributed by atoms with Gasteiger partial charge in [0, 0.05) is 24.5 Å². The van der Waals surface area contributed by atoms with E-state index in [1.165, 1.54) is 0 Å². The summed E-state index contributed by atoms with van der Waals surface area (Å²) >= 11 is 0. The highest BCUT2D eigenvalue weighted by Crippen LogP contribution is 2.15. The van der Waals surface area contributed by atoms with Crippen LogP contribution in [0.3, 0.4) is 0 Å². The van der Waals surface area contributed by atoms with Crippen molar-refractivity contribution in [1.82, 2.24) is 4.90 Å². The van der Waals surface area contributed by atoms with Gasteiger partial charge in [-0.2, -0.15) is 0 Å². The van der Waals surface area contributed by atoms with Gasteiger partial charge in [0.25, 0.3) is 5.82 Å². The van der Waals surface area contributed by atoms with Crippen LogP contribution in [0.5, 0.6) is 0 Å². The van der Waals surface area contributed by atoms with Crippen LogP contribution in [-0.4, -0.2) is 42.8 Å². The first-order valence-corrected chi connectivity index (χ1v) is 9.14. The fourth-order valence-corrected chi connectivity index (χ4v) is 3.33. The molecule has 0 unspecified atom stereocenters. The van der Waals surface area contributed by atoms with E-state index in [1.54, 1.807) is 0 Å². The Hall–Kier alpha value is -2.69. The quantitative estimate of drug-likeness (QED) is 0.777. The molecule has 3 rings (SSSR count). The van der Waals surface area contributed by atoms with Crippen molar-refractivity contribution in [2.75, 3.05) is 31.1 Å². The van der Waals surface area contributed by atoms with Gasteiger partial charge in [-0.25, -0.2) is 4.98 Å². The van der Waals surface area contributed by atoms with Gasteiger partial charge in [0.2, 0.25) is 5.91 Å². The van der Waals surface area contributed by atoms with Crippen LogP contribution in [0, 0.1) is 13.8 Å². The van der Waals surface area contributed by atoms with Crippen LogP contribution >= 0.6 is 0 Å². The number of aromatic amines is 1. The molecule has 0 aliphatic carbocycles. The average Bonchev–Trinajstić information content (AvgIpc) is 2.68. The summed E-state index contributed by atoms with van der Waals surface area (Å²) in [4.78, 5) is 32.3. The number of nitrogens with one attached hydrogen (secondary N) is 1. The minimum absolute atomic E-state index is 0.0528. The number of carbonyl (C=O) groups excluding carboxylic acids is 2. The van der Waals surface area contributed by atoms with Gasteiger partial charge in [0.15, 0.2) is 5.78 Å². The number of H-pyrrole nitrogens is 1. The second kappa shape index (κ2) is 8.13. The summed E-state index contributed by atoms with van der Waals surface area (Å²) in [6.07, 6.45) is 2.46. The van der Waals surface area contributed by atoms with Crippen molar-refractivity contribution >= 4 is 17.5 Å². The lowest BCUT2D eigenvalue weighted by Gasteiger charge is -2.31. The van der Waals surface area contributed by atoms with Crippen LogP contribution in [0.15, 0.2) is 42.6 Å². The highest BCUT2D eigenvalue weighted by atomic mass is 16.2. The molecule has 0 radical (unpaired) electrons. The molecule has 0 bridgehead atoms. The number of amides is 1. The van der Waals surface area contributed by atoms with Gasteiger partial charge in [0.1, 0.15) is 13.1 Å². The molecule has 0 spiro atoms. The maximum absolute atomic E-state index is 12.5. The number of hydrogen-bond donors (Lipinski definition) is 0. The second-order valence-corrected chi connectivity index (χ2v) is 6.86. The average molecular weight is 352 g/mol. The van der Waals surface area contributed by atoms with Crippen molar-refractivity contribution in [3.63, 3.8) is 0 Å². The van der Waals surface area contributed by atoms with E-state index in [4.69, 9.17) is 0 Å². The molecule has 1 amide bonds. The number of anilines is 1. The number of aromatic nitrogens is 1. The molecule has 2 aromatic rings. The molecule has 0 atom stereocenters. The molecule has 1 aromatic carbocycles. The molecular weight excluding hydrogens is 326 g/mol. The fourth-order valence-electron chi connectivity index (χ4n) is 3.33. The third-order valence-corrected chi connectivity index (χ3v) is 4.93. The predicted octanol–water partition coefficient (Wildman–Crippen LogP) is 2.43. The molecule has 5 nitrogen and oxygen atoms in total. The minimum atomic E-state index is 0.0528. The SMILES string of the molecule is Cc1ccc(C)c(C(=O)CCC(=O)N2CCN(c3cccc[nH+]3)CC2)c1. The number of aryl methyl sites for hydroxylation is 2. The summed E-state index contributed by atoms with van der Waals surface area (Å²) in [6.45, 7) is 6.91. The number of benzene rings is 1. The molecule has 5 heteroatoms. The lowest BCUT2D eigenvalue weighted by molar-refractivity contribution is -0.364. The summed E-state index contributed by atoms with van der Waals surface area (Å²) in [5.74, 6) is 1.20. The Bertz CT molecular complexity index is 781. The van der Waals surface area contributed by atoms with Gasteiger partial charge < -0.3 is 4.90 Å². The van der Waals surface area contributed by atoms with Crippen molar-refractivity contribution in [2.24, 2.45) is 0 Å². The molecule has 0 saturated carbocycles. The predicted molar refractivity (Wildman–Crippen MR) is 101 cm³/mol. The highest BCUT2D eigenvalue weighted by Gasteiger charge is 2.26. The van der Waals surface area contributed by atoms with Crippen molar-refractivity contribution in [1.29, 1.82) is 0 Å². The Morgan fingerprint density at radius 1 is 1.00 bits per heavy atom. The van der Waals surface area contributed by atoms with E-state index < -0.39 is 0 Å². The van der Waals surface area contributed by atoms with E-state index in [0.717, 1.165) is 35.6 Å². The molecule has 1 aromatic heterocycles. The maximum Gasteiger partial charge on any atom is 0.274 e. The zero-order chi connectivity index (χ0) is 18.5. The number of pyridine rings is 1. The summed E-state index contributed by atoms with van der Waals surface area (Å²) in [7, 11) is 0. The number of piperazine rings is 1. The molecular formula is C21H26N3O2+. The summed E-state index contributed by atoms with van der Waals surface area (Å²) < 4.78 is 0. The van der Waals surface area contributed by atoms with Crippen LogP contribution in [0.2, 0.25) is 0 Å². The molecule has 1 saturated heterocycles. The van der Waals surface area contributed by atoms with Gasteiger partial charge in [-0.15, -0.1) is 0 Å². The third-order valence-electron chi connectivity index (χ3n) is 4.93. The third kappa shape index (κ3) is 4.28. The van der Waals surface area contributed by atoms with Crippen LogP contribution < -0.4 is 9.88 Å². The molecule has 26 heavy (non-hydrogen) atoms. The largest absolute Gasteiger partial charge is 0.335 e. The van der Waals surface area contributed by atoms with E-state index in [9.17, 15) is 9.59 Å². The topological polar surface area (TPSA) is 54.8 Å². The molecule has 1 aliphatic heterocycles. The number of carbonyl (C=O) groups is 2. The van der Waals surface area contributed by atoms with Crippen molar-refractivity contribution in [2.45, 2.75) is 26.7 Å². The maximum atomic E-state index is 12.5. The number of Topliss-reactive ketones (excluding diaryl/α,β-unsaturated/α-hetero) is 1. The van der Waals surface area contributed by atoms with Gasteiger partial charge in [-0.3, -0.25) is 14.5 Å². The van der Waals surface area contributed by atoms with E-state index in [0.29, 0.717) is 13.1 Å². The van der Waals surface area contributed by atoms with E-state index >= 15 is 0 Å². The van der Waals surface area contributed by atoms with Gasteiger partial charge in [-0.05, 0) is 31.5 Å². The van der Waals surface area contributed by atoms with Crippen LogP contribution in [0.1, 0.15) is 34.3 Å². The summed E-state index contributed by atoms with van der Waals surface area (Å²) in [5.41, 5.74) is 2.78. The standard InChI is InChI=1S/C21H25N3O2/c1-16-6-7-17(2)18(15-16)19(25)8-9-21(26)24-13-11-23(12-14-24)20-5-3-4-10-22-20/h3-7,10,15H,8-9,11-14H2,1-2H3/p+1. The minimum Gasteiger partial charge on any atom is -0.335 e. The Balaban J connectivity index is 1.50. The molecule has 136 valence electrons. The number of nitrogens with zero attached hydrogens (tertiary/aromatic N) is 2. The van der Waals surface area contributed by atoms with Crippen molar-refractivity contribution in [3.8, 4) is 0 Å². The number of rotatable bonds is 5. The Labute approximate surface area is 154 Å². The van der Waals surface area contributed by atoms with E-state index in [-0.39, 0.29) is 24.5 Å². The lowest BCUT2D eigenvalue weighted by atomic mass is 9.99. The van der Waals surface area contributed by atoms with Gasteiger partial charge >= 0.3 is 0 Å². The Morgan fingerprint density at radius 2 is 1.77 bits per heavy atom. The second-order valence-electron chi connectivity index (χ2n) is 6.86. The Morgan fingerprint density at radius 3 is 2.46 bits per heavy atom. The molecule has 1 aliphatic rings.